The van der Waals surface area contributed by atoms with Crippen LogP contribution in [0.25, 0.3) is 0 Å². The molecule has 1 rings (SSSR count). The molecule has 0 aliphatic heterocycles. The van der Waals surface area contributed by atoms with Crippen LogP contribution in [-0.2, 0) is 17.3 Å². The molecule has 16 heavy (non-hydrogen) atoms. The van der Waals surface area contributed by atoms with Gasteiger partial charge in [-0.3, -0.25) is 4.21 Å². The van der Waals surface area contributed by atoms with Crippen LogP contribution in [0.2, 0.25) is 0 Å². The number of phenols is 1. The van der Waals surface area contributed by atoms with E-state index in [9.17, 15) is 9.32 Å². The van der Waals surface area contributed by atoms with Crippen molar-refractivity contribution < 1.29 is 9.32 Å². The molecule has 0 saturated heterocycles. The Morgan fingerprint density at radius 2 is 2.25 bits per heavy atom. The van der Waals surface area contributed by atoms with Gasteiger partial charge >= 0.3 is 0 Å². The first-order valence-corrected chi connectivity index (χ1v) is 7.60. The number of benzene rings is 1. The first-order valence-electron chi connectivity index (χ1n) is 5.07. The van der Waals surface area contributed by atoms with Crippen molar-refractivity contribution in [3.63, 3.8) is 0 Å². The largest absolute Gasteiger partial charge is 0.508 e. The lowest BCUT2D eigenvalue weighted by Gasteiger charge is -2.07. The van der Waals surface area contributed by atoms with Gasteiger partial charge in [0.05, 0.1) is 0 Å². The molecule has 0 heterocycles. The second-order valence-electron chi connectivity index (χ2n) is 3.58. The minimum absolute atomic E-state index is 0.273. The Kier molecular flexibility index (Phi) is 6.01. The molecule has 1 unspecified atom stereocenters. The first kappa shape index (κ1) is 13.7. The third-order valence-electron chi connectivity index (χ3n) is 2.13. The van der Waals surface area contributed by atoms with E-state index in [0.717, 1.165) is 28.8 Å². The van der Waals surface area contributed by atoms with E-state index in [0.29, 0.717) is 6.54 Å². The molecule has 0 spiro atoms. The molecule has 0 fully saturated rings. The Balaban J connectivity index is 2.31. The first-order chi connectivity index (χ1) is 7.59. The summed E-state index contributed by atoms with van der Waals surface area (Å²) in [4.78, 5) is 0. The van der Waals surface area contributed by atoms with Crippen molar-refractivity contribution in [2.45, 2.75) is 13.0 Å². The monoisotopic (exact) mass is 305 g/mol. The maximum Gasteiger partial charge on any atom is 0.115 e. The molecule has 0 aromatic heterocycles. The average Bonchev–Trinajstić information content (AvgIpc) is 2.22. The van der Waals surface area contributed by atoms with E-state index in [1.807, 2.05) is 6.07 Å². The summed E-state index contributed by atoms with van der Waals surface area (Å²) in [5.41, 5.74) is 1.03. The summed E-state index contributed by atoms with van der Waals surface area (Å²) >= 11 is 3.42. The fraction of sp³-hybridized carbons (Fsp3) is 0.455. The maximum absolute atomic E-state index is 10.8. The van der Waals surface area contributed by atoms with Crippen LogP contribution in [-0.4, -0.2) is 27.9 Å². The van der Waals surface area contributed by atoms with Crippen LogP contribution in [0.4, 0.5) is 0 Å². The van der Waals surface area contributed by atoms with Crippen molar-refractivity contribution >= 4 is 26.7 Å². The summed E-state index contributed by atoms with van der Waals surface area (Å²) in [7, 11) is -0.711. The highest BCUT2D eigenvalue weighted by Crippen LogP contribution is 2.21. The van der Waals surface area contributed by atoms with E-state index in [4.69, 9.17) is 0 Å². The molecular weight excluding hydrogens is 290 g/mol. The van der Waals surface area contributed by atoms with Crippen molar-refractivity contribution in [2.24, 2.45) is 0 Å². The molecule has 0 aliphatic rings. The summed E-state index contributed by atoms with van der Waals surface area (Å²) in [6.45, 7) is 1.53. The minimum atomic E-state index is -0.711. The van der Waals surface area contributed by atoms with Crippen LogP contribution in [0.5, 0.6) is 5.75 Å². The summed E-state index contributed by atoms with van der Waals surface area (Å²) < 4.78 is 11.8. The predicted molar refractivity (Wildman–Crippen MR) is 71.1 cm³/mol. The Morgan fingerprint density at radius 3 is 2.94 bits per heavy atom. The summed E-state index contributed by atoms with van der Waals surface area (Å²) in [6.07, 6.45) is 2.62. The van der Waals surface area contributed by atoms with E-state index < -0.39 is 10.8 Å². The van der Waals surface area contributed by atoms with E-state index in [1.165, 1.54) is 0 Å². The SMILES string of the molecule is CS(=O)CCCNCc1cc(O)ccc1Br. The van der Waals surface area contributed by atoms with Gasteiger partial charge in [0.15, 0.2) is 0 Å². The second-order valence-corrected chi connectivity index (χ2v) is 5.99. The minimum Gasteiger partial charge on any atom is -0.508 e. The van der Waals surface area contributed by atoms with Crippen LogP contribution in [0.15, 0.2) is 22.7 Å². The van der Waals surface area contributed by atoms with Gasteiger partial charge in [0.1, 0.15) is 5.75 Å². The summed E-state index contributed by atoms with van der Waals surface area (Å²) in [5, 5.41) is 12.6. The summed E-state index contributed by atoms with van der Waals surface area (Å²) in [5.74, 6) is 1.00. The molecule has 1 atom stereocenters. The number of hydrogen-bond donors (Lipinski definition) is 2. The van der Waals surface area contributed by atoms with E-state index in [-0.39, 0.29) is 5.75 Å². The van der Waals surface area contributed by atoms with Crippen molar-refractivity contribution in [2.75, 3.05) is 18.6 Å². The van der Waals surface area contributed by atoms with Gasteiger partial charge < -0.3 is 10.4 Å². The highest BCUT2D eigenvalue weighted by atomic mass is 79.9. The number of rotatable bonds is 6. The van der Waals surface area contributed by atoms with Crippen LogP contribution in [0, 0.1) is 0 Å². The molecular formula is C11H16BrNO2S. The summed E-state index contributed by atoms with van der Waals surface area (Å²) in [6, 6.07) is 5.20. The lowest BCUT2D eigenvalue weighted by atomic mass is 10.2. The van der Waals surface area contributed by atoms with E-state index in [1.54, 1.807) is 18.4 Å². The Morgan fingerprint density at radius 1 is 1.50 bits per heavy atom. The lowest BCUT2D eigenvalue weighted by molar-refractivity contribution is 0.474. The zero-order valence-corrected chi connectivity index (χ0v) is 11.6. The highest BCUT2D eigenvalue weighted by Gasteiger charge is 2.00. The molecule has 0 radical (unpaired) electrons. The van der Waals surface area contributed by atoms with E-state index in [2.05, 4.69) is 21.2 Å². The van der Waals surface area contributed by atoms with Gasteiger partial charge in [-0.15, -0.1) is 0 Å². The fourth-order valence-corrected chi connectivity index (χ4v) is 2.26. The topological polar surface area (TPSA) is 49.3 Å². The number of hydrogen-bond acceptors (Lipinski definition) is 3. The van der Waals surface area contributed by atoms with Crippen LogP contribution in [0.3, 0.4) is 0 Å². The number of phenolic OH excluding ortho intramolecular Hbond substituents is 1. The standard InChI is InChI=1S/C11H16BrNO2S/c1-16(15)6-2-5-13-8-9-7-10(14)3-4-11(9)12/h3-4,7,13-14H,2,5-6,8H2,1H3. The zero-order chi connectivity index (χ0) is 12.0. The van der Waals surface area contributed by atoms with Crippen LogP contribution >= 0.6 is 15.9 Å². The van der Waals surface area contributed by atoms with Gasteiger partial charge in [0.2, 0.25) is 0 Å². The Bertz CT molecular complexity index is 371. The Hall–Kier alpha value is -0.390. The van der Waals surface area contributed by atoms with Crippen molar-refractivity contribution in [1.82, 2.24) is 5.32 Å². The third-order valence-corrected chi connectivity index (χ3v) is 3.77. The number of aromatic hydroxyl groups is 1. The van der Waals surface area contributed by atoms with Crippen molar-refractivity contribution in [1.29, 1.82) is 0 Å². The molecule has 3 nitrogen and oxygen atoms in total. The molecule has 90 valence electrons. The van der Waals surface area contributed by atoms with Gasteiger partial charge in [0, 0.05) is 33.8 Å². The van der Waals surface area contributed by atoms with Gasteiger partial charge in [0.25, 0.3) is 0 Å². The lowest BCUT2D eigenvalue weighted by Crippen LogP contribution is -2.16. The Labute approximate surface area is 107 Å². The average molecular weight is 306 g/mol. The van der Waals surface area contributed by atoms with Gasteiger partial charge in [-0.2, -0.15) is 0 Å². The number of nitrogens with one attached hydrogen (secondary N) is 1. The second kappa shape index (κ2) is 7.04. The predicted octanol–water partition coefficient (Wildman–Crippen LogP) is 2.01. The molecule has 1 aromatic rings. The van der Waals surface area contributed by atoms with Crippen molar-refractivity contribution in [3.05, 3.63) is 28.2 Å². The van der Waals surface area contributed by atoms with Crippen LogP contribution in [0.1, 0.15) is 12.0 Å². The molecule has 5 heteroatoms. The molecule has 0 bridgehead atoms. The fourth-order valence-electron chi connectivity index (χ4n) is 1.32. The van der Waals surface area contributed by atoms with E-state index >= 15 is 0 Å². The van der Waals surface area contributed by atoms with Gasteiger partial charge in [-0.05, 0) is 36.7 Å². The quantitative estimate of drug-likeness (QED) is 0.791. The zero-order valence-electron chi connectivity index (χ0n) is 9.20. The smallest absolute Gasteiger partial charge is 0.115 e. The normalized spacial score (nSPS) is 12.6. The number of halogens is 1. The third kappa shape index (κ3) is 5.09. The van der Waals surface area contributed by atoms with Crippen LogP contribution < -0.4 is 5.32 Å². The molecule has 0 aliphatic carbocycles. The molecule has 1 aromatic carbocycles. The highest BCUT2D eigenvalue weighted by molar-refractivity contribution is 9.10. The van der Waals surface area contributed by atoms with Gasteiger partial charge in [-0.25, -0.2) is 0 Å². The van der Waals surface area contributed by atoms with Crippen molar-refractivity contribution in [3.8, 4) is 5.75 Å². The molecule has 0 amide bonds. The molecule has 0 saturated carbocycles. The molecule has 2 N–H and O–H groups in total. The van der Waals surface area contributed by atoms with Gasteiger partial charge in [-0.1, -0.05) is 15.9 Å². The maximum atomic E-state index is 10.8.